The summed E-state index contributed by atoms with van der Waals surface area (Å²) in [5, 5.41) is 22.2. The number of aryl methyl sites for hydroxylation is 1. The molecular weight excluding hydrogens is 324 g/mol. The lowest BCUT2D eigenvalue weighted by atomic mass is 9.93. The molecule has 0 saturated carbocycles. The number of aromatic nitrogens is 2. The topological polar surface area (TPSA) is 78.4 Å². The van der Waals surface area contributed by atoms with Crippen LogP contribution in [0.15, 0.2) is 24.3 Å². The minimum Gasteiger partial charge on any atom is -0.394 e. The molecule has 1 atom stereocenters. The Balaban J connectivity index is 1.69. The molecule has 6 nitrogen and oxygen atoms in total. The van der Waals surface area contributed by atoms with Crippen molar-refractivity contribution in [2.75, 3.05) is 18.5 Å². The van der Waals surface area contributed by atoms with Gasteiger partial charge < -0.3 is 10.0 Å². The van der Waals surface area contributed by atoms with Crippen molar-refractivity contribution in [3.63, 3.8) is 0 Å². The Morgan fingerprint density at radius 2 is 2.25 bits per heavy atom. The van der Waals surface area contributed by atoms with Gasteiger partial charge in [0, 0.05) is 13.0 Å². The van der Waals surface area contributed by atoms with Crippen molar-refractivity contribution in [2.24, 2.45) is 0 Å². The highest BCUT2D eigenvalue weighted by molar-refractivity contribution is 7.15. The fourth-order valence-electron chi connectivity index (χ4n) is 2.99. The first-order chi connectivity index (χ1) is 11.7. The molecule has 2 aromatic rings. The molecule has 0 saturated heterocycles. The van der Waals surface area contributed by atoms with Crippen LogP contribution in [0.3, 0.4) is 0 Å². The minimum absolute atomic E-state index is 0.0949. The number of hydrogen-bond donors (Lipinski definition) is 2. The molecule has 2 amide bonds. The Labute approximate surface area is 145 Å². The van der Waals surface area contributed by atoms with Gasteiger partial charge in [-0.2, -0.15) is 0 Å². The van der Waals surface area contributed by atoms with Gasteiger partial charge in [0.05, 0.1) is 12.6 Å². The van der Waals surface area contributed by atoms with E-state index in [4.69, 9.17) is 0 Å². The number of nitrogens with zero attached hydrogens (tertiary/aromatic N) is 3. The van der Waals surface area contributed by atoms with Gasteiger partial charge in [0.25, 0.3) is 0 Å². The van der Waals surface area contributed by atoms with Crippen LogP contribution in [0.5, 0.6) is 0 Å². The van der Waals surface area contributed by atoms with Gasteiger partial charge in [0.2, 0.25) is 5.13 Å². The second kappa shape index (κ2) is 7.72. The number of carbonyl (C=O) groups excluding carboxylic acids is 1. The molecule has 2 N–H and O–H groups in total. The van der Waals surface area contributed by atoms with E-state index in [9.17, 15) is 9.90 Å². The molecule has 24 heavy (non-hydrogen) atoms. The number of anilines is 1. The van der Waals surface area contributed by atoms with Gasteiger partial charge in [0.15, 0.2) is 0 Å². The van der Waals surface area contributed by atoms with Gasteiger partial charge in [-0.15, -0.1) is 10.2 Å². The summed E-state index contributed by atoms with van der Waals surface area (Å²) in [5.74, 6) is 0. The number of fused-ring (bicyclic) bond motifs is 1. The molecule has 0 radical (unpaired) electrons. The number of amides is 2. The highest BCUT2D eigenvalue weighted by atomic mass is 32.1. The van der Waals surface area contributed by atoms with Crippen molar-refractivity contribution in [3.05, 3.63) is 40.4 Å². The van der Waals surface area contributed by atoms with Gasteiger partial charge >= 0.3 is 6.03 Å². The van der Waals surface area contributed by atoms with Gasteiger partial charge in [-0.3, -0.25) is 5.32 Å². The van der Waals surface area contributed by atoms with Gasteiger partial charge in [0.1, 0.15) is 5.01 Å². The van der Waals surface area contributed by atoms with Crippen LogP contribution >= 0.6 is 11.3 Å². The number of aliphatic hydroxyl groups is 1. The van der Waals surface area contributed by atoms with Crippen LogP contribution in [0.25, 0.3) is 0 Å². The number of hydrogen-bond acceptors (Lipinski definition) is 5. The van der Waals surface area contributed by atoms with Crippen molar-refractivity contribution < 1.29 is 9.90 Å². The van der Waals surface area contributed by atoms with E-state index in [0.717, 1.165) is 36.3 Å². The molecule has 1 aliphatic heterocycles. The maximum Gasteiger partial charge on any atom is 0.324 e. The third-order valence-corrected chi connectivity index (χ3v) is 5.17. The summed E-state index contributed by atoms with van der Waals surface area (Å²) in [4.78, 5) is 14.3. The zero-order chi connectivity index (χ0) is 16.9. The molecule has 2 heterocycles. The molecule has 0 bridgehead atoms. The molecule has 7 heteroatoms. The van der Waals surface area contributed by atoms with Gasteiger partial charge in [-0.05, 0) is 24.0 Å². The summed E-state index contributed by atoms with van der Waals surface area (Å²) in [6.07, 6.45) is 3.85. The third-order valence-electron chi connectivity index (χ3n) is 4.27. The molecular formula is C17H22N4O2S. The lowest BCUT2D eigenvalue weighted by Gasteiger charge is -2.36. The van der Waals surface area contributed by atoms with Crippen LogP contribution in [0.2, 0.25) is 0 Å². The first-order valence-corrected chi connectivity index (χ1v) is 9.13. The smallest absolute Gasteiger partial charge is 0.324 e. The average molecular weight is 346 g/mol. The van der Waals surface area contributed by atoms with E-state index >= 15 is 0 Å². The number of rotatable bonds is 5. The van der Waals surface area contributed by atoms with E-state index in [0.29, 0.717) is 11.7 Å². The Kier molecular flexibility index (Phi) is 5.42. The van der Waals surface area contributed by atoms with E-state index in [1.807, 2.05) is 18.2 Å². The highest BCUT2D eigenvalue weighted by Gasteiger charge is 2.30. The average Bonchev–Trinajstić information content (AvgIpc) is 3.06. The summed E-state index contributed by atoms with van der Waals surface area (Å²) in [6.45, 7) is 2.62. The molecule has 0 aliphatic carbocycles. The molecule has 1 aliphatic rings. The van der Waals surface area contributed by atoms with Crippen molar-refractivity contribution in [3.8, 4) is 0 Å². The van der Waals surface area contributed by atoms with Crippen LogP contribution in [-0.4, -0.2) is 39.4 Å². The van der Waals surface area contributed by atoms with Crippen LogP contribution in [0.1, 0.15) is 41.9 Å². The standard InChI is InChI=1S/C17H22N4O2S/c1-2-3-8-15-19-20-16(24-15)18-17(23)21-10-9-12-6-4-5-7-13(12)14(21)11-22/h4-7,14,22H,2-3,8-11H2,1H3,(H,18,20,23). The summed E-state index contributed by atoms with van der Waals surface area (Å²) in [5.41, 5.74) is 2.21. The molecule has 0 fully saturated rings. The molecule has 1 aromatic carbocycles. The maximum atomic E-state index is 12.6. The normalized spacial score (nSPS) is 16.8. The number of unbranched alkanes of at least 4 members (excludes halogenated alkanes) is 1. The van der Waals surface area contributed by atoms with E-state index < -0.39 is 0 Å². The van der Waals surface area contributed by atoms with E-state index in [2.05, 4.69) is 28.5 Å². The largest absolute Gasteiger partial charge is 0.394 e. The number of carbonyl (C=O) groups is 1. The summed E-state index contributed by atoms with van der Waals surface area (Å²) >= 11 is 1.42. The molecule has 0 spiro atoms. The minimum atomic E-state index is -0.317. The second-order valence-electron chi connectivity index (χ2n) is 5.88. The predicted octanol–water partition coefficient (Wildman–Crippen LogP) is 3.00. The number of urea groups is 1. The lowest BCUT2D eigenvalue weighted by Crippen LogP contribution is -2.43. The quantitative estimate of drug-likeness (QED) is 0.872. The van der Waals surface area contributed by atoms with E-state index in [1.165, 1.54) is 16.9 Å². The van der Waals surface area contributed by atoms with E-state index in [-0.39, 0.29) is 18.7 Å². The van der Waals surface area contributed by atoms with Crippen molar-refractivity contribution in [2.45, 2.75) is 38.6 Å². The van der Waals surface area contributed by atoms with E-state index in [1.54, 1.807) is 4.90 Å². The summed E-state index contributed by atoms with van der Waals surface area (Å²) < 4.78 is 0. The third kappa shape index (κ3) is 3.57. The SMILES string of the molecule is CCCCc1nnc(NC(=O)N2CCc3ccccc3C2CO)s1. The first kappa shape index (κ1) is 16.9. The Morgan fingerprint density at radius 3 is 3.04 bits per heavy atom. The second-order valence-corrected chi connectivity index (χ2v) is 6.94. The Morgan fingerprint density at radius 1 is 1.42 bits per heavy atom. The summed E-state index contributed by atoms with van der Waals surface area (Å²) in [6, 6.07) is 7.40. The fraction of sp³-hybridized carbons (Fsp3) is 0.471. The molecule has 3 rings (SSSR count). The zero-order valence-electron chi connectivity index (χ0n) is 13.7. The lowest BCUT2D eigenvalue weighted by molar-refractivity contribution is 0.135. The first-order valence-electron chi connectivity index (χ1n) is 8.31. The van der Waals surface area contributed by atoms with Crippen molar-refractivity contribution in [1.82, 2.24) is 15.1 Å². The number of benzene rings is 1. The van der Waals surface area contributed by atoms with Crippen LogP contribution in [-0.2, 0) is 12.8 Å². The van der Waals surface area contributed by atoms with Gasteiger partial charge in [-0.1, -0.05) is 48.9 Å². The zero-order valence-corrected chi connectivity index (χ0v) is 14.6. The number of nitrogens with one attached hydrogen (secondary N) is 1. The molecule has 1 aromatic heterocycles. The van der Waals surface area contributed by atoms with Crippen LogP contribution in [0.4, 0.5) is 9.93 Å². The van der Waals surface area contributed by atoms with Crippen molar-refractivity contribution in [1.29, 1.82) is 0 Å². The fourth-order valence-corrected chi connectivity index (χ4v) is 3.76. The highest BCUT2D eigenvalue weighted by Crippen LogP contribution is 2.30. The Bertz CT molecular complexity index is 703. The monoisotopic (exact) mass is 346 g/mol. The maximum absolute atomic E-state index is 12.6. The molecule has 1 unspecified atom stereocenters. The van der Waals surface area contributed by atoms with Crippen molar-refractivity contribution >= 4 is 22.5 Å². The van der Waals surface area contributed by atoms with Gasteiger partial charge in [-0.25, -0.2) is 4.79 Å². The molecule has 128 valence electrons. The number of aliphatic hydroxyl groups excluding tert-OH is 1. The van der Waals surface area contributed by atoms with Crippen LogP contribution < -0.4 is 5.32 Å². The summed E-state index contributed by atoms with van der Waals surface area (Å²) in [7, 11) is 0. The predicted molar refractivity (Wildman–Crippen MR) is 94.2 cm³/mol. The van der Waals surface area contributed by atoms with Crippen LogP contribution in [0, 0.1) is 0 Å². The Hall–Kier alpha value is -1.99.